The zero-order valence-electron chi connectivity index (χ0n) is 12.6. The van der Waals surface area contributed by atoms with Crippen molar-refractivity contribution in [3.05, 3.63) is 24.0 Å². The third-order valence-corrected chi connectivity index (χ3v) is 3.41. The second-order valence-corrected chi connectivity index (χ2v) is 5.66. The zero-order valence-corrected chi connectivity index (χ0v) is 12.6. The molecule has 0 saturated heterocycles. The number of nitrogens with zero attached hydrogens (tertiary/aromatic N) is 2. The van der Waals surface area contributed by atoms with Crippen LogP contribution in [0.1, 0.15) is 32.8 Å². The molecule has 0 amide bonds. The molecule has 18 heavy (non-hydrogen) atoms. The molecule has 0 aliphatic carbocycles. The summed E-state index contributed by atoms with van der Waals surface area (Å²) in [6, 6.07) is 2.81. The number of rotatable bonds is 8. The Morgan fingerprint density at radius 1 is 1.33 bits per heavy atom. The number of aryl methyl sites for hydroxylation is 1. The molecule has 0 bridgehead atoms. The highest BCUT2D eigenvalue weighted by Crippen LogP contribution is 2.07. The van der Waals surface area contributed by atoms with Crippen molar-refractivity contribution in [2.45, 2.75) is 46.3 Å². The lowest BCUT2D eigenvalue weighted by molar-refractivity contribution is 0.224. The molecule has 1 aromatic rings. The first-order valence-corrected chi connectivity index (χ1v) is 7.06. The molecule has 1 rings (SSSR count). The molecule has 0 radical (unpaired) electrons. The molecule has 3 heteroatoms. The van der Waals surface area contributed by atoms with E-state index in [1.54, 1.807) is 0 Å². The lowest BCUT2D eigenvalue weighted by Gasteiger charge is -2.28. The second-order valence-electron chi connectivity index (χ2n) is 5.66. The van der Waals surface area contributed by atoms with Crippen molar-refractivity contribution in [3.8, 4) is 0 Å². The van der Waals surface area contributed by atoms with Gasteiger partial charge in [0.1, 0.15) is 0 Å². The molecular formula is C15H29N3. The average Bonchev–Trinajstić information content (AvgIpc) is 2.71. The molecule has 1 unspecified atom stereocenters. The van der Waals surface area contributed by atoms with Crippen LogP contribution in [0.4, 0.5) is 0 Å². The van der Waals surface area contributed by atoms with Crippen LogP contribution in [0.2, 0.25) is 0 Å². The van der Waals surface area contributed by atoms with Gasteiger partial charge in [0.2, 0.25) is 0 Å². The Kier molecular flexibility index (Phi) is 6.44. The minimum atomic E-state index is 0.600. The molecule has 1 aromatic heterocycles. The average molecular weight is 251 g/mol. The minimum Gasteiger partial charge on any atom is -0.354 e. The van der Waals surface area contributed by atoms with Crippen LogP contribution < -0.4 is 5.32 Å². The summed E-state index contributed by atoms with van der Waals surface area (Å²) in [5, 5.41) is 3.56. The van der Waals surface area contributed by atoms with Gasteiger partial charge in [0, 0.05) is 38.1 Å². The predicted molar refractivity (Wildman–Crippen MR) is 78.7 cm³/mol. The first-order chi connectivity index (χ1) is 8.54. The van der Waals surface area contributed by atoms with Crippen LogP contribution >= 0.6 is 0 Å². The molecule has 3 nitrogen and oxygen atoms in total. The molecule has 0 fully saturated rings. The van der Waals surface area contributed by atoms with Gasteiger partial charge >= 0.3 is 0 Å². The fourth-order valence-electron chi connectivity index (χ4n) is 2.37. The van der Waals surface area contributed by atoms with Gasteiger partial charge in [0.15, 0.2) is 0 Å². The minimum absolute atomic E-state index is 0.600. The van der Waals surface area contributed by atoms with Crippen molar-refractivity contribution in [2.75, 3.05) is 20.6 Å². The Morgan fingerprint density at radius 2 is 2.06 bits per heavy atom. The number of likely N-dealkylation sites (N-methyl/N-ethyl adjacent to an activating group) is 1. The molecule has 104 valence electrons. The number of nitrogens with one attached hydrogen (secondary N) is 1. The largest absolute Gasteiger partial charge is 0.354 e. The van der Waals surface area contributed by atoms with E-state index in [9.17, 15) is 0 Å². The van der Waals surface area contributed by atoms with Crippen molar-refractivity contribution >= 4 is 0 Å². The SMILES string of the molecule is CCCn1ccc(CNCC(C(C)C)N(C)C)c1. The molecule has 0 spiro atoms. The van der Waals surface area contributed by atoms with E-state index >= 15 is 0 Å². The zero-order chi connectivity index (χ0) is 13.5. The monoisotopic (exact) mass is 251 g/mol. The fourth-order valence-corrected chi connectivity index (χ4v) is 2.37. The highest BCUT2D eigenvalue weighted by atomic mass is 15.1. The van der Waals surface area contributed by atoms with Gasteiger partial charge in [-0.05, 0) is 38.1 Å². The Bertz CT molecular complexity index is 320. The summed E-state index contributed by atoms with van der Waals surface area (Å²) in [7, 11) is 4.31. The van der Waals surface area contributed by atoms with Gasteiger partial charge < -0.3 is 14.8 Å². The van der Waals surface area contributed by atoms with E-state index in [0.717, 1.165) is 19.6 Å². The molecule has 0 aliphatic heterocycles. The number of hydrogen-bond acceptors (Lipinski definition) is 2. The van der Waals surface area contributed by atoms with Gasteiger partial charge in [-0.1, -0.05) is 20.8 Å². The standard InChI is InChI=1S/C15H29N3/c1-6-8-18-9-7-14(12-18)10-16-11-15(13(2)3)17(4)5/h7,9,12-13,15-16H,6,8,10-11H2,1-5H3. The number of aromatic nitrogens is 1. The van der Waals surface area contributed by atoms with E-state index in [4.69, 9.17) is 0 Å². The van der Waals surface area contributed by atoms with E-state index in [1.807, 2.05) is 0 Å². The van der Waals surface area contributed by atoms with Gasteiger partial charge in [-0.25, -0.2) is 0 Å². The molecule has 1 atom stereocenters. The van der Waals surface area contributed by atoms with Crippen LogP contribution in [-0.2, 0) is 13.1 Å². The summed E-state index contributed by atoms with van der Waals surface area (Å²) < 4.78 is 2.27. The van der Waals surface area contributed by atoms with Crippen molar-refractivity contribution in [3.63, 3.8) is 0 Å². The van der Waals surface area contributed by atoms with Crippen LogP contribution in [0.3, 0.4) is 0 Å². The van der Waals surface area contributed by atoms with Crippen molar-refractivity contribution in [2.24, 2.45) is 5.92 Å². The molecule has 1 N–H and O–H groups in total. The maximum absolute atomic E-state index is 3.56. The molecule has 0 aromatic carbocycles. The first kappa shape index (κ1) is 15.3. The topological polar surface area (TPSA) is 20.2 Å². The maximum atomic E-state index is 3.56. The predicted octanol–water partition coefficient (Wildman–Crippen LogP) is 2.57. The summed E-state index contributed by atoms with van der Waals surface area (Å²) in [5.74, 6) is 0.678. The normalized spacial score (nSPS) is 13.5. The van der Waals surface area contributed by atoms with E-state index in [2.05, 4.69) is 68.1 Å². The number of hydrogen-bond donors (Lipinski definition) is 1. The van der Waals surface area contributed by atoms with Gasteiger partial charge in [-0.2, -0.15) is 0 Å². The van der Waals surface area contributed by atoms with Gasteiger partial charge in [-0.15, -0.1) is 0 Å². The van der Waals surface area contributed by atoms with E-state index in [0.29, 0.717) is 12.0 Å². The van der Waals surface area contributed by atoms with Crippen LogP contribution in [0.15, 0.2) is 18.5 Å². The Balaban J connectivity index is 2.35. The van der Waals surface area contributed by atoms with E-state index in [1.165, 1.54) is 12.0 Å². The lowest BCUT2D eigenvalue weighted by Crippen LogP contribution is -2.41. The van der Waals surface area contributed by atoms with Gasteiger partial charge in [-0.3, -0.25) is 0 Å². The molecular weight excluding hydrogens is 222 g/mol. The summed E-state index contributed by atoms with van der Waals surface area (Å²) in [4.78, 5) is 2.31. The summed E-state index contributed by atoms with van der Waals surface area (Å²) in [5.41, 5.74) is 1.38. The third kappa shape index (κ3) is 4.83. The Labute approximate surface area is 112 Å². The van der Waals surface area contributed by atoms with E-state index in [-0.39, 0.29) is 0 Å². The summed E-state index contributed by atoms with van der Waals surface area (Å²) >= 11 is 0. The van der Waals surface area contributed by atoms with Crippen LogP contribution in [0, 0.1) is 5.92 Å². The molecule has 0 saturated carbocycles. The van der Waals surface area contributed by atoms with Crippen LogP contribution in [0.5, 0.6) is 0 Å². The van der Waals surface area contributed by atoms with E-state index < -0.39 is 0 Å². The van der Waals surface area contributed by atoms with Gasteiger partial charge in [0.05, 0.1) is 0 Å². The summed E-state index contributed by atoms with van der Waals surface area (Å²) in [6.07, 6.45) is 5.61. The Hall–Kier alpha value is -0.800. The third-order valence-electron chi connectivity index (χ3n) is 3.41. The maximum Gasteiger partial charge on any atom is 0.0237 e. The van der Waals surface area contributed by atoms with Crippen molar-refractivity contribution in [1.82, 2.24) is 14.8 Å². The summed E-state index contributed by atoms with van der Waals surface area (Å²) in [6.45, 7) is 9.90. The van der Waals surface area contributed by atoms with Crippen molar-refractivity contribution in [1.29, 1.82) is 0 Å². The quantitative estimate of drug-likeness (QED) is 0.766. The van der Waals surface area contributed by atoms with Crippen LogP contribution in [0.25, 0.3) is 0 Å². The fraction of sp³-hybridized carbons (Fsp3) is 0.733. The molecule has 0 aliphatic rings. The first-order valence-electron chi connectivity index (χ1n) is 7.06. The van der Waals surface area contributed by atoms with Gasteiger partial charge in [0.25, 0.3) is 0 Å². The second kappa shape index (κ2) is 7.59. The highest BCUT2D eigenvalue weighted by Gasteiger charge is 2.14. The van der Waals surface area contributed by atoms with Crippen molar-refractivity contribution < 1.29 is 0 Å². The Morgan fingerprint density at radius 3 is 2.61 bits per heavy atom. The highest BCUT2D eigenvalue weighted by molar-refractivity contribution is 5.09. The smallest absolute Gasteiger partial charge is 0.0237 e. The van der Waals surface area contributed by atoms with Crippen LogP contribution in [-0.4, -0.2) is 36.1 Å². The molecule has 1 heterocycles. The lowest BCUT2D eigenvalue weighted by atomic mass is 10.0.